The van der Waals surface area contributed by atoms with Gasteiger partial charge in [-0.15, -0.1) is 0 Å². The van der Waals surface area contributed by atoms with Gasteiger partial charge >= 0.3 is 5.97 Å². The number of ether oxygens (including phenoxy) is 2. The molecule has 154 valence electrons. The van der Waals surface area contributed by atoms with Gasteiger partial charge in [0.25, 0.3) is 0 Å². The van der Waals surface area contributed by atoms with Crippen LogP contribution in [0.5, 0.6) is 0 Å². The summed E-state index contributed by atoms with van der Waals surface area (Å²) in [6.07, 6.45) is -1.70. The van der Waals surface area contributed by atoms with Crippen LogP contribution >= 0.6 is 0 Å². The first kappa shape index (κ1) is 23.8. The summed E-state index contributed by atoms with van der Waals surface area (Å²) in [6.45, 7) is 14.7. The van der Waals surface area contributed by atoms with Crippen molar-refractivity contribution in [3.63, 3.8) is 0 Å². The lowest BCUT2D eigenvalue weighted by molar-refractivity contribution is -0.168. The van der Waals surface area contributed by atoms with Gasteiger partial charge < -0.3 is 19.0 Å². The first-order valence-corrected chi connectivity index (χ1v) is 12.3. The second-order valence-corrected chi connectivity index (χ2v) is 13.9. The Morgan fingerprint density at radius 3 is 2.15 bits per heavy atom. The lowest BCUT2D eigenvalue weighted by atomic mass is 9.83. The Hall–Kier alpha value is -1.21. The Morgan fingerprint density at radius 2 is 1.67 bits per heavy atom. The highest BCUT2D eigenvalue weighted by atomic mass is 28.4. The molecule has 0 heterocycles. The number of rotatable bonds is 9. The van der Waals surface area contributed by atoms with E-state index in [-0.39, 0.29) is 11.6 Å². The molecule has 0 saturated carbocycles. The van der Waals surface area contributed by atoms with E-state index in [1.807, 2.05) is 30.3 Å². The number of aliphatic hydroxyl groups is 1. The third kappa shape index (κ3) is 6.42. The highest BCUT2D eigenvalue weighted by Crippen LogP contribution is 2.37. The molecule has 0 aromatic heterocycles. The van der Waals surface area contributed by atoms with E-state index in [1.165, 1.54) is 7.11 Å². The summed E-state index contributed by atoms with van der Waals surface area (Å²) in [6, 6.07) is 9.74. The third-order valence-electron chi connectivity index (χ3n) is 5.52. The molecule has 0 spiro atoms. The minimum atomic E-state index is -2.02. The van der Waals surface area contributed by atoms with Crippen molar-refractivity contribution >= 4 is 14.3 Å². The molecule has 27 heavy (non-hydrogen) atoms. The molecule has 1 rings (SSSR count). The van der Waals surface area contributed by atoms with Gasteiger partial charge in [0.15, 0.2) is 8.32 Å². The summed E-state index contributed by atoms with van der Waals surface area (Å²) in [5.74, 6) is -0.476. The lowest BCUT2D eigenvalue weighted by Gasteiger charge is -2.39. The van der Waals surface area contributed by atoms with Gasteiger partial charge in [0.05, 0.1) is 31.8 Å². The highest BCUT2D eigenvalue weighted by Gasteiger charge is 2.44. The molecule has 0 aliphatic rings. The van der Waals surface area contributed by atoms with E-state index in [4.69, 9.17) is 13.9 Å². The molecule has 1 aromatic rings. The van der Waals surface area contributed by atoms with Crippen molar-refractivity contribution in [1.82, 2.24) is 0 Å². The normalized spacial score (nSPS) is 15.3. The van der Waals surface area contributed by atoms with Crippen LogP contribution in [0.15, 0.2) is 30.3 Å². The van der Waals surface area contributed by atoms with E-state index in [0.29, 0.717) is 6.61 Å². The molecular weight excluding hydrogens is 360 g/mol. The second-order valence-electron chi connectivity index (χ2n) is 9.06. The maximum absolute atomic E-state index is 12.1. The molecular formula is C21H36O5Si. The minimum absolute atomic E-state index is 0.0415. The Kier molecular flexibility index (Phi) is 8.23. The largest absolute Gasteiger partial charge is 0.469 e. The first-order valence-electron chi connectivity index (χ1n) is 9.39. The average molecular weight is 397 g/mol. The van der Waals surface area contributed by atoms with Crippen LogP contribution in [0.3, 0.4) is 0 Å². The summed E-state index contributed by atoms with van der Waals surface area (Å²) >= 11 is 0. The molecule has 0 aliphatic carbocycles. The number of methoxy groups -OCH3 is 1. The molecule has 0 radical (unpaired) electrons. The molecule has 0 unspecified atom stereocenters. The zero-order valence-corrected chi connectivity index (χ0v) is 19.0. The Morgan fingerprint density at radius 1 is 1.11 bits per heavy atom. The van der Waals surface area contributed by atoms with Gasteiger partial charge in [-0.2, -0.15) is 0 Å². The van der Waals surface area contributed by atoms with E-state index >= 15 is 0 Å². The Balaban J connectivity index is 2.96. The van der Waals surface area contributed by atoms with Crippen molar-refractivity contribution in [2.75, 3.05) is 13.7 Å². The van der Waals surface area contributed by atoms with Gasteiger partial charge in [-0.25, -0.2) is 0 Å². The molecule has 0 aliphatic heterocycles. The maximum Gasteiger partial charge on any atom is 0.313 e. The minimum Gasteiger partial charge on any atom is -0.469 e. The Labute approximate surface area is 165 Å². The SMILES string of the molecule is COC(=O)C(C)(C)[C@@H](O)[C@H](CO[Si](C)(C)C(C)(C)C)OCc1ccccc1. The summed E-state index contributed by atoms with van der Waals surface area (Å²) in [5.41, 5.74) is -0.106. The molecule has 5 nitrogen and oxygen atoms in total. The van der Waals surface area contributed by atoms with Crippen molar-refractivity contribution in [2.45, 2.75) is 71.6 Å². The molecule has 2 atom stereocenters. The number of carbonyl (C=O) groups is 1. The van der Waals surface area contributed by atoms with E-state index in [9.17, 15) is 9.90 Å². The van der Waals surface area contributed by atoms with Crippen molar-refractivity contribution in [1.29, 1.82) is 0 Å². The van der Waals surface area contributed by atoms with Crippen LogP contribution < -0.4 is 0 Å². The van der Waals surface area contributed by atoms with E-state index < -0.39 is 31.9 Å². The highest BCUT2D eigenvalue weighted by molar-refractivity contribution is 6.74. The van der Waals surface area contributed by atoms with Gasteiger partial charge in [-0.1, -0.05) is 51.1 Å². The number of carbonyl (C=O) groups excluding carboxylic acids is 1. The molecule has 0 fully saturated rings. The standard InChI is InChI=1S/C21H36O5Si/c1-20(2,3)27(7,8)26-15-17(18(22)21(4,5)19(23)24-6)25-14-16-12-10-9-11-13-16/h9-13,17-18,22H,14-15H2,1-8H3/t17-,18-/m0/s1. The monoisotopic (exact) mass is 396 g/mol. The smallest absolute Gasteiger partial charge is 0.313 e. The Bertz CT molecular complexity index is 592. The van der Waals surface area contributed by atoms with Crippen molar-refractivity contribution in [3.8, 4) is 0 Å². The summed E-state index contributed by atoms with van der Waals surface area (Å²) in [5, 5.41) is 11.0. The average Bonchev–Trinajstić information content (AvgIpc) is 2.60. The quantitative estimate of drug-likeness (QED) is 0.502. The zero-order chi connectivity index (χ0) is 20.9. The fourth-order valence-electron chi connectivity index (χ4n) is 2.36. The topological polar surface area (TPSA) is 65.0 Å². The summed E-state index contributed by atoms with van der Waals surface area (Å²) < 4.78 is 17.2. The fraction of sp³-hybridized carbons (Fsp3) is 0.667. The number of benzene rings is 1. The lowest BCUT2D eigenvalue weighted by Crippen LogP contribution is -2.50. The first-order chi connectivity index (χ1) is 12.3. The molecule has 0 amide bonds. The van der Waals surface area contributed by atoms with E-state index in [1.54, 1.807) is 13.8 Å². The summed E-state index contributed by atoms with van der Waals surface area (Å²) in [7, 11) is -0.702. The third-order valence-corrected chi connectivity index (χ3v) is 10.0. The van der Waals surface area contributed by atoms with Gasteiger partial charge in [-0.3, -0.25) is 4.79 Å². The van der Waals surface area contributed by atoms with Crippen LogP contribution in [0.2, 0.25) is 18.1 Å². The zero-order valence-electron chi connectivity index (χ0n) is 18.0. The maximum atomic E-state index is 12.1. The van der Waals surface area contributed by atoms with Crippen LogP contribution in [-0.4, -0.2) is 45.3 Å². The second kappa shape index (κ2) is 9.32. The predicted molar refractivity (Wildman–Crippen MR) is 110 cm³/mol. The number of hydrogen-bond donors (Lipinski definition) is 1. The molecule has 0 bridgehead atoms. The fourth-order valence-corrected chi connectivity index (χ4v) is 3.38. The van der Waals surface area contributed by atoms with E-state index in [0.717, 1.165) is 5.56 Å². The van der Waals surface area contributed by atoms with Gasteiger partial charge in [0, 0.05) is 0 Å². The van der Waals surface area contributed by atoms with Gasteiger partial charge in [0.2, 0.25) is 0 Å². The molecule has 6 heteroatoms. The van der Waals surface area contributed by atoms with Crippen LogP contribution in [0.1, 0.15) is 40.2 Å². The van der Waals surface area contributed by atoms with Crippen LogP contribution in [0.4, 0.5) is 0 Å². The van der Waals surface area contributed by atoms with Crippen LogP contribution in [0.25, 0.3) is 0 Å². The van der Waals surface area contributed by atoms with Crippen LogP contribution in [0, 0.1) is 5.41 Å². The molecule has 0 saturated heterocycles. The molecule has 1 N–H and O–H groups in total. The molecule has 1 aromatic carbocycles. The van der Waals surface area contributed by atoms with E-state index in [2.05, 4.69) is 33.9 Å². The van der Waals surface area contributed by atoms with Gasteiger partial charge in [0.1, 0.15) is 6.10 Å². The number of hydrogen-bond acceptors (Lipinski definition) is 5. The summed E-state index contributed by atoms with van der Waals surface area (Å²) in [4.78, 5) is 12.1. The van der Waals surface area contributed by atoms with Crippen LogP contribution in [-0.2, 0) is 25.3 Å². The number of esters is 1. The van der Waals surface area contributed by atoms with Gasteiger partial charge in [-0.05, 0) is 37.5 Å². The predicted octanol–water partition coefficient (Wildman–Crippen LogP) is 4.15. The number of aliphatic hydroxyl groups excluding tert-OH is 1. The van der Waals surface area contributed by atoms with Crippen molar-refractivity contribution in [3.05, 3.63) is 35.9 Å². The van der Waals surface area contributed by atoms with Crippen molar-refractivity contribution < 1.29 is 23.8 Å². The van der Waals surface area contributed by atoms with Crippen molar-refractivity contribution in [2.24, 2.45) is 5.41 Å².